The molecular weight excluding hydrogens is 356 g/mol. The van der Waals surface area contributed by atoms with E-state index in [9.17, 15) is 9.59 Å². The zero-order chi connectivity index (χ0) is 19.3. The molecule has 4 aromatic rings. The van der Waals surface area contributed by atoms with Crippen LogP contribution in [-0.4, -0.2) is 20.9 Å². The van der Waals surface area contributed by atoms with Crippen LogP contribution in [0.5, 0.6) is 11.5 Å². The Morgan fingerprint density at radius 1 is 0.929 bits per heavy atom. The van der Waals surface area contributed by atoms with Gasteiger partial charge < -0.3 is 10.1 Å². The minimum absolute atomic E-state index is 0.254. The minimum atomic E-state index is -0.407. The molecule has 4 rings (SSSR count). The Bertz CT molecular complexity index is 1190. The summed E-state index contributed by atoms with van der Waals surface area (Å²) in [6, 6.07) is 23.2. The molecule has 3 aromatic carbocycles. The molecular formula is C21H16N4O3. The van der Waals surface area contributed by atoms with E-state index in [4.69, 9.17) is 4.74 Å². The number of nitrogens with zero attached hydrogens (tertiary/aromatic N) is 3. The van der Waals surface area contributed by atoms with Gasteiger partial charge in [0.05, 0.1) is 11.1 Å². The molecule has 1 aromatic heterocycles. The largest absolute Gasteiger partial charge is 0.455 e. The highest BCUT2D eigenvalue weighted by Crippen LogP contribution is 2.29. The van der Waals surface area contributed by atoms with Gasteiger partial charge in [0.25, 0.3) is 5.56 Å². The van der Waals surface area contributed by atoms with Crippen molar-refractivity contribution in [3.8, 4) is 11.5 Å². The predicted molar refractivity (Wildman–Crippen MR) is 105 cm³/mol. The molecule has 28 heavy (non-hydrogen) atoms. The van der Waals surface area contributed by atoms with Crippen molar-refractivity contribution in [3.05, 3.63) is 89.2 Å². The minimum Gasteiger partial charge on any atom is -0.455 e. The molecule has 0 aliphatic rings. The summed E-state index contributed by atoms with van der Waals surface area (Å²) in [6.07, 6.45) is 0. The first-order valence-corrected chi connectivity index (χ1v) is 8.65. The molecule has 0 spiro atoms. The van der Waals surface area contributed by atoms with E-state index in [-0.39, 0.29) is 12.1 Å². The summed E-state index contributed by atoms with van der Waals surface area (Å²) in [4.78, 5) is 25.0. The molecule has 0 radical (unpaired) electrons. The molecule has 0 unspecified atom stereocenters. The van der Waals surface area contributed by atoms with E-state index < -0.39 is 5.91 Å². The van der Waals surface area contributed by atoms with Crippen LogP contribution in [0.3, 0.4) is 0 Å². The second-order valence-corrected chi connectivity index (χ2v) is 6.03. The Hall–Kier alpha value is -4.00. The highest BCUT2D eigenvalue weighted by atomic mass is 16.5. The van der Waals surface area contributed by atoms with Crippen LogP contribution in [0.15, 0.2) is 83.7 Å². The van der Waals surface area contributed by atoms with Crippen LogP contribution in [0.2, 0.25) is 0 Å². The quantitative estimate of drug-likeness (QED) is 0.581. The van der Waals surface area contributed by atoms with Crippen LogP contribution in [0.25, 0.3) is 10.9 Å². The van der Waals surface area contributed by atoms with Crippen molar-refractivity contribution in [2.45, 2.75) is 6.54 Å². The molecule has 1 heterocycles. The highest BCUT2D eigenvalue weighted by Gasteiger charge is 2.12. The number of hydrogen-bond acceptors (Lipinski definition) is 5. The van der Waals surface area contributed by atoms with Crippen molar-refractivity contribution in [2.75, 3.05) is 5.32 Å². The Morgan fingerprint density at radius 3 is 2.50 bits per heavy atom. The molecule has 0 saturated carbocycles. The lowest BCUT2D eigenvalue weighted by molar-refractivity contribution is -0.117. The first-order valence-electron chi connectivity index (χ1n) is 8.65. The number of anilines is 1. The molecule has 7 heteroatoms. The lowest BCUT2D eigenvalue weighted by Gasteiger charge is -2.12. The lowest BCUT2D eigenvalue weighted by atomic mass is 10.2. The van der Waals surface area contributed by atoms with E-state index >= 15 is 0 Å². The van der Waals surface area contributed by atoms with Crippen molar-refractivity contribution >= 4 is 22.5 Å². The first kappa shape index (κ1) is 17.4. The van der Waals surface area contributed by atoms with Crippen molar-refractivity contribution in [2.24, 2.45) is 0 Å². The first-order chi connectivity index (χ1) is 13.7. The number of aromatic nitrogens is 3. The van der Waals surface area contributed by atoms with Gasteiger partial charge in [-0.15, -0.1) is 5.10 Å². The average Bonchev–Trinajstić information content (AvgIpc) is 2.72. The molecule has 1 amide bonds. The molecule has 1 N–H and O–H groups in total. The standard InChI is InChI=1S/C21H16N4O3/c26-20(14-25-21(27)16-10-4-5-11-17(16)23-24-25)22-18-12-6-7-13-19(18)28-15-8-2-1-3-9-15/h1-13H,14H2,(H,22,26). The molecule has 7 nitrogen and oxygen atoms in total. The van der Waals surface area contributed by atoms with Crippen LogP contribution in [0.1, 0.15) is 0 Å². The number of rotatable bonds is 5. The summed E-state index contributed by atoms with van der Waals surface area (Å²) in [5.74, 6) is 0.746. The van der Waals surface area contributed by atoms with Gasteiger partial charge in [-0.3, -0.25) is 9.59 Å². The molecule has 0 saturated heterocycles. The second-order valence-electron chi connectivity index (χ2n) is 6.03. The van der Waals surface area contributed by atoms with Crippen LogP contribution < -0.4 is 15.6 Å². The fraction of sp³-hybridized carbons (Fsp3) is 0.0476. The maximum Gasteiger partial charge on any atom is 0.278 e. The molecule has 0 fully saturated rings. The summed E-state index contributed by atoms with van der Waals surface area (Å²) in [5.41, 5.74) is 0.624. The van der Waals surface area contributed by atoms with E-state index in [0.717, 1.165) is 4.68 Å². The van der Waals surface area contributed by atoms with Gasteiger partial charge in [-0.05, 0) is 36.4 Å². The van der Waals surface area contributed by atoms with Crippen LogP contribution in [0, 0.1) is 0 Å². The van der Waals surface area contributed by atoms with Crippen molar-refractivity contribution < 1.29 is 9.53 Å². The number of fused-ring (bicyclic) bond motifs is 1. The highest BCUT2D eigenvalue weighted by molar-refractivity contribution is 5.92. The molecule has 0 aliphatic carbocycles. The monoisotopic (exact) mass is 372 g/mol. The summed E-state index contributed by atoms with van der Waals surface area (Å²) in [5, 5.41) is 11.0. The molecule has 0 bridgehead atoms. The number of nitrogens with one attached hydrogen (secondary N) is 1. The Kier molecular flexibility index (Phi) is 4.79. The molecule has 0 atom stereocenters. The summed E-state index contributed by atoms with van der Waals surface area (Å²) in [7, 11) is 0. The number of hydrogen-bond donors (Lipinski definition) is 1. The van der Waals surface area contributed by atoms with Gasteiger partial charge in [0.15, 0.2) is 5.75 Å². The van der Waals surface area contributed by atoms with E-state index in [0.29, 0.717) is 28.1 Å². The predicted octanol–water partition coefficient (Wildman–Crippen LogP) is 3.22. The summed E-state index contributed by atoms with van der Waals surface area (Å²) >= 11 is 0. The van der Waals surface area contributed by atoms with Gasteiger partial charge in [0, 0.05) is 0 Å². The van der Waals surface area contributed by atoms with Gasteiger partial charge in [0.2, 0.25) is 5.91 Å². The second kappa shape index (κ2) is 7.71. The number of carbonyl (C=O) groups is 1. The third-order valence-corrected chi connectivity index (χ3v) is 4.05. The fourth-order valence-electron chi connectivity index (χ4n) is 2.73. The van der Waals surface area contributed by atoms with Crippen LogP contribution in [0.4, 0.5) is 5.69 Å². The maximum atomic E-state index is 12.5. The van der Waals surface area contributed by atoms with Gasteiger partial charge >= 0.3 is 0 Å². The van der Waals surface area contributed by atoms with E-state index in [1.807, 2.05) is 36.4 Å². The SMILES string of the molecule is O=C(Cn1nnc2ccccc2c1=O)Nc1ccccc1Oc1ccccc1. The zero-order valence-corrected chi connectivity index (χ0v) is 14.8. The third-order valence-electron chi connectivity index (χ3n) is 4.05. The molecule has 138 valence electrons. The fourth-order valence-corrected chi connectivity index (χ4v) is 2.73. The van der Waals surface area contributed by atoms with Gasteiger partial charge in [-0.2, -0.15) is 0 Å². The normalized spacial score (nSPS) is 10.6. The maximum absolute atomic E-state index is 12.5. The van der Waals surface area contributed by atoms with E-state index in [2.05, 4.69) is 15.6 Å². The average molecular weight is 372 g/mol. The van der Waals surface area contributed by atoms with Gasteiger partial charge in [0.1, 0.15) is 17.8 Å². The third kappa shape index (κ3) is 3.73. The van der Waals surface area contributed by atoms with Crippen molar-refractivity contribution in [1.29, 1.82) is 0 Å². The topological polar surface area (TPSA) is 86.1 Å². The van der Waals surface area contributed by atoms with E-state index in [1.54, 1.807) is 42.5 Å². The number of amides is 1. The van der Waals surface area contributed by atoms with E-state index in [1.165, 1.54) is 0 Å². The van der Waals surface area contributed by atoms with Gasteiger partial charge in [-0.1, -0.05) is 47.7 Å². The lowest BCUT2D eigenvalue weighted by Crippen LogP contribution is -2.30. The molecule has 0 aliphatic heterocycles. The number of carbonyl (C=O) groups excluding carboxylic acids is 1. The van der Waals surface area contributed by atoms with Crippen molar-refractivity contribution in [3.63, 3.8) is 0 Å². The Labute approximate surface area is 160 Å². The zero-order valence-electron chi connectivity index (χ0n) is 14.8. The van der Waals surface area contributed by atoms with Crippen LogP contribution >= 0.6 is 0 Å². The van der Waals surface area contributed by atoms with Gasteiger partial charge in [-0.25, -0.2) is 4.68 Å². The Morgan fingerprint density at radius 2 is 1.64 bits per heavy atom. The summed E-state index contributed by atoms with van der Waals surface area (Å²) in [6.45, 7) is -0.254. The summed E-state index contributed by atoms with van der Waals surface area (Å²) < 4.78 is 6.87. The van der Waals surface area contributed by atoms with Crippen molar-refractivity contribution in [1.82, 2.24) is 15.0 Å². The van der Waals surface area contributed by atoms with Crippen LogP contribution in [-0.2, 0) is 11.3 Å². The Balaban J connectivity index is 1.53. The number of para-hydroxylation sites is 3. The number of benzene rings is 3. The number of ether oxygens (including phenoxy) is 1. The smallest absolute Gasteiger partial charge is 0.278 e.